The molecule has 2 aliphatic heterocycles. The van der Waals surface area contributed by atoms with Gasteiger partial charge in [-0.2, -0.15) is 0 Å². The van der Waals surface area contributed by atoms with E-state index in [4.69, 9.17) is 4.74 Å². The van der Waals surface area contributed by atoms with Gasteiger partial charge in [0.2, 0.25) is 0 Å². The molecule has 0 radical (unpaired) electrons. The zero-order valence-corrected chi connectivity index (χ0v) is 9.22. The summed E-state index contributed by atoms with van der Waals surface area (Å²) >= 11 is 0. The van der Waals surface area contributed by atoms with E-state index >= 15 is 0 Å². The Morgan fingerprint density at radius 3 is 2.71 bits per heavy atom. The molecule has 14 heavy (non-hydrogen) atoms. The third-order valence-corrected chi connectivity index (χ3v) is 4.29. The Bertz CT molecular complexity index is 228. The molecule has 0 bridgehead atoms. The lowest BCUT2D eigenvalue weighted by Crippen LogP contribution is -2.34. The van der Waals surface area contributed by atoms with Crippen LogP contribution in [0.25, 0.3) is 0 Å². The van der Waals surface area contributed by atoms with Crippen molar-refractivity contribution in [2.24, 2.45) is 5.41 Å². The first kappa shape index (κ1) is 9.17. The van der Waals surface area contributed by atoms with Crippen LogP contribution in [-0.4, -0.2) is 36.7 Å². The predicted molar refractivity (Wildman–Crippen MR) is 56.3 cm³/mol. The molecule has 0 N–H and O–H groups in total. The number of nitrogens with zero attached hydrogens (tertiary/aromatic N) is 1. The van der Waals surface area contributed by atoms with Gasteiger partial charge in [-0.15, -0.1) is 0 Å². The second-order valence-electron chi connectivity index (χ2n) is 5.91. The van der Waals surface area contributed by atoms with Crippen LogP contribution in [0.4, 0.5) is 0 Å². The van der Waals surface area contributed by atoms with Crippen LogP contribution in [0, 0.1) is 5.41 Å². The lowest BCUT2D eigenvalue weighted by molar-refractivity contribution is 0.0116. The van der Waals surface area contributed by atoms with Crippen LogP contribution in [0.5, 0.6) is 0 Å². The molecule has 3 aliphatic rings. The number of rotatable bonds is 2. The molecule has 3 rings (SSSR count). The summed E-state index contributed by atoms with van der Waals surface area (Å²) in [5.74, 6) is 0. The molecule has 3 fully saturated rings. The summed E-state index contributed by atoms with van der Waals surface area (Å²) in [4.78, 5) is 2.64. The third-order valence-electron chi connectivity index (χ3n) is 4.29. The van der Waals surface area contributed by atoms with E-state index in [0.29, 0.717) is 5.41 Å². The molecule has 2 saturated heterocycles. The van der Waals surface area contributed by atoms with Crippen molar-refractivity contribution in [3.8, 4) is 0 Å². The average molecular weight is 195 g/mol. The highest BCUT2D eigenvalue weighted by atomic mass is 16.5. The summed E-state index contributed by atoms with van der Waals surface area (Å²) in [7, 11) is 0. The molecule has 1 aliphatic carbocycles. The average Bonchev–Trinajstić information content (AvgIpc) is 2.65. The molecule has 1 atom stereocenters. The predicted octanol–water partition coefficient (Wildman–Crippen LogP) is 2.04. The first-order valence-electron chi connectivity index (χ1n) is 6.06. The van der Waals surface area contributed by atoms with Crippen LogP contribution >= 0.6 is 0 Å². The molecule has 0 aromatic heterocycles. The smallest absolute Gasteiger partial charge is 0.0821 e. The second-order valence-corrected chi connectivity index (χ2v) is 5.91. The Morgan fingerprint density at radius 1 is 1.21 bits per heavy atom. The van der Waals surface area contributed by atoms with Gasteiger partial charge in [0, 0.05) is 26.2 Å². The van der Waals surface area contributed by atoms with Gasteiger partial charge in [-0.25, -0.2) is 0 Å². The minimum atomic E-state index is 0.283. The Labute approximate surface area is 86.6 Å². The largest absolute Gasteiger partial charge is 0.374 e. The summed E-state index contributed by atoms with van der Waals surface area (Å²) in [6.07, 6.45) is 6.75. The summed E-state index contributed by atoms with van der Waals surface area (Å²) in [6.45, 7) is 7.23. The monoisotopic (exact) mass is 195 g/mol. The summed E-state index contributed by atoms with van der Waals surface area (Å²) < 4.78 is 5.92. The molecule has 80 valence electrons. The standard InChI is InChI=1S/C12H21NO/c1-11(4-5-11)9-13-7-6-12(10-13)3-2-8-14-12/h2-10H2,1H3. The van der Waals surface area contributed by atoms with Crippen molar-refractivity contribution >= 4 is 0 Å². The quantitative estimate of drug-likeness (QED) is 0.668. The second kappa shape index (κ2) is 2.96. The Morgan fingerprint density at radius 2 is 2.07 bits per heavy atom. The molecule has 1 spiro atoms. The van der Waals surface area contributed by atoms with Crippen molar-refractivity contribution in [3.63, 3.8) is 0 Å². The SMILES string of the molecule is CC1(CN2CCC3(CCCO3)C2)CC1. The topological polar surface area (TPSA) is 12.5 Å². The van der Waals surface area contributed by atoms with Crippen LogP contribution < -0.4 is 0 Å². The molecule has 0 amide bonds. The van der Waals surface area contributed by atoms with Gasteiger partial charge >= 0.3 is 0 Å². The fourth-order valence-electron chi connectivity index (χ4n) is 3.05. The van der Waals surface area contributed by atoms with Crippen molar-refractivity contribution in [1.29, 1.82) is 0 Å². The maximum atomic E-state index is 5.92. The molecule has 1 saturated carbocycles. The van der Waals surface area contributed by atoms with E-state index in [9.17, 15) is 0 Å². The van der Waals surface area contributed by atoms with E-state index in [1.54, 1.807) is 0 Å². The minimum absolute atomic E-state index is 0.283. The highest BCUT2D eigenvalue weighted by Gasteiger charge is 2.45. The van der Waals surface area contributed by atoms with E-state index in [1.165, 1.54) is 51.7 Å². The Hall–Kier alpha value is -0.0800. The van der Waals surface area contributed by atoms with E-state index in [-0.39, 0.29) is 5.60 Å². The normalized spacial score (nSPS) is 40.9. The van der Waals surface area contributed by atoms with Gasteiger partial charge in [-0.05, 0) is 37.5 Å². The van der Waals surface area contributed by atoms with Crippen molar-refractivity contribution in [2.45, 2.75) is 44.6 Å². The lowest BCUT2D eigenvalue weighted by atomic mass is 10.00. The van der Waals surface area contributed by atoms with Gasteiger partial charge in [-0.3, -0.25) is 4.90 Å². The minimum Gasteiger partial charge on any atom is -0.374 e. The van der Waals surface area contributed by atoms with E-state index < -0.39 is 0 Å². The zero-order chi connectivity index (χ0) is 9.65. The fraction of sp³-hybridized carbons (Fsp3) is 1.00. The molecule has 2 heterocycles. The molecule has 0 aromatic rings. The van der Waals surface area contributed by atoms with Crippen LogP contribution in [0.15, 0.2) is 0 Å². The number of likely N-dealkylation sites (tertiary alicyclic amines) is 1. The molecule has 0 aromatic carbocycles. The van der Waals surface area contributed by atoms with Gasteiger partial charge < -0.3 is 4.74 Å². The van der Waals surface area contributed by atoms with Crippen molar-refractivity contribution in [3.05, 3.63) is 0 Å². The molecular formula is C12H21NO. The van der Waals surface area contributed by atoms with Gasteiger partial charge in [-0.1, -0.05) is 6.92 Å². The first-order chi connectivity index (χ1) is 6.70. The molecule has 2 nitrogen and oxygen atoms in total. The van der Waals surface area contributed by atoms with E-state index in [1.807, 2.05) is 0 Å². The van der Waals surface area contributed by atoms with Crippen molar-refractivity contribution < 1.29 is 4.74 Å². The maximum absolute atomic E-state index is 5.92. The lowest BCUT2D eigenvalue weighted by Gasteiger charge is -2.24. The number of hydrogen-bond acceptors (Lipinski definition) is 2. The van der Waals surface area contributed by atoms with Gasteiger partial charge in [0.15, 0.2) is 0 Å². The van der Waals surface area contributed by atoms with E-state index in [0.717, 1.165) is 6.61 Å². The number of hydrogen-bond donors (Lipinski definition) is 0. The van der Waals surface area contributed by atoms with Gasteiger partial charge in [0.05, 0.1) is 5.60 Å². The fourth-order valence-corrected chi connectivity index (χ4v) is 3.05. The summed E-state index contributed by atoms with van der Waals surface area (Å²) in [5, 5.41) is 0. The first-order valence-corrected chi connectivity index (χ1v) is 6.06. The van der Waals surface area contributed by atoms with Crippen LogP contribution in [0.1, 0.15) is 39.0 Å². The van der Waals surface area contributed by atoms with Crippen molar-refractivity contribution in [2.75, 3.05) is 26.2 Å². The molecular weight excluding hydrogens is 174 g/mol. The molecule has 2 heteroatoms. The zero-order valence-electron chi connectivity index (χ0n) is 9.22. The number of ether oxygens (including phenoxy) is 1. The van der Waals surface area contributed by atoms with Gasteiger partial charge in [0.25, 0.3) is 0 Å². The highest BCUT2D eigenvalue weighted by Crippen LogP contribution is 2.47. The van der Waals surface area contributed by atoms with Gasteiger partial charge in [0.1, 0.15) is 0 Å². The van der Waals surface area contributed by atoms with Crippen LogP contribution in [-0.2, 0) is 4.74 Å². The Balaban J connectivity index is 1.58. The maximum Gasteiger partial charge on any atom is 0.0821 e. The van der Waals surface area contributed by atoms with Crippen molar-refractivity contribution in [1.82, 2.24) is 4.90 Å². The highest BCUT2D eigenvalue weighted by molar-refractivity contribution is 4.98. The van der Waals surface area contributed by atoms with E-state index in [2.05, 4.69) is 11.8 Å². The summed E-state index contributed by atoms with van der Waals surface area (Å²) in [6, 6.07) is 0. The van der Waals surface area contributed by atoms with Crippen LogP contribution in [0.2, 0.25) is 0 Å². The third kappa shape index (κ3) is 1.59. The Kier molecular flexibility index (Phi) is 1.94. The molecule has 1 unspecified atom stereocenters. The van der Waals surface area contributed by atoms with Crippen LogP contribution in [0.3, 0.4) is 0 Å². The summed E-state index contributed by atoms with van der Waals surface area (Å²) in [5.41, 5.74) is 0.954.